The van der Waals surface area contributed by atoms with Gasteiger partial charge in [0.1, 0.15) is 0 Å². The standard InChI is InChI=1S/C12H18BrNO/c1-9-7-10(2)12(11(13)8-9)14-5-4-6-15-3/h7-8,14H,4-6H2,1-3H3. The lowest BCUT2D eigenvalue weighted by atomic mass is 10.1. The first kappa shape index (κ1) is 12.5. The minimum absolute atomic E-state index is 0.801. The number of rotatable bonds is 5. The molecule has 0 amide bonds. The summed E-state index contributed by atoms with van der Waals surface area (Å²) < 4.78 is 6.14. The van der Waals surface area contributed by atoms with Gasteiger partial charge in [-0.25, -0.2) is 0 Å². The highest BCUT2D eigenvalue weighted by Crippen LogP contribution is 2.27. The van der Waals surface area contributed by atoms with Crippen LogP contribution in [-0.2, 0) is 4.74 Å². The van der Waals surface area contributed by atoms with E-state index in [9.17, 15) is 0 Å². The summed E-state index contributed by atoms with van der Waals surface area (Å²) in [5.74, 6) is 0. The molecular formula is C12H18BrNO. The zero-order valence-electron chi connectivity index (χ0n) is 9.56. The molecule has 0 atom stereocenters. The molecule has 1 rings (SSSR count). The topological polar surface area (TPSA) is 21.3 Å². The highest BCUT2D eigenvalue weighted by molar-refractivity contribution is 9.10. The first-order valence-corrected chi connectivity index (χ1v) is 5.94. The van der Waals surface area contributed by atoms with Gasteiger partial charge in [-0.3, -0.25) is 0 Å². The molecule has 84 valence electrons. The van der Waals surface area contributed by atoms with E-state index in [0.717, 1.165) is 24.0 Å². The van der Waals surface area contributed by atoms with E-state index in [-0.39, 0.29) is 0 Å². The van der Waals surface area contributed by atoms with Crippen LogP contribution in [0.4, 0.5) is 5.69 Å². The third kappa shape index (κ3) is 3.84. The summed E-state index contributed by atoms with van der Waals surface area (Å²) >= 11 is 3.57. The summed E-state index contributed by atoms with van der Waals surface area (Å²) in [5, 5.41) is 3.42. The van der Waals surface area contributed by atoms with Crippen LogP contribution in [0.25, 0.3) is 0 Å². The van der Waals surface area contributed by atoms with Gasteiger partial charge >= 0.3 is 0 Å². The van der Waals surface area contributed by atoms with Crippen molar-refractivity contribution in [1.82, 2.24) is 0 Å². The van der Waals surface area contributed by atoms with Gasteiger partial charge in [-0.15, -0.1) is 0 Å². The highest BCUT2D eigenvalue weighted by atomic mass is 79.9. The predicted molar refractivity (Wildman–Crippen MR) is 68.6 cm³/mol. The highest BCUT2D eigenvalue weighted by Gasteiger charge is 2.03. The Morgan fingerprint density at radius 2 is 2.07 bits per heavy atom. The molecule has 1 aromatic rings. The van der Waals surface area contributed by atoms with Gasteiger partial charge in [-0.05, 0) is 53.4 Å². The second kappa shape index (κ2) is 6.13. The van der Waals surface area contributed by atoms with Crippen molar-refractivity contribution in [3.63, 3.8) is 0 Å². The largest absolute Gasteiger partial charge is 0.385 e. The lowest BCUT2D eigenvalue weighted by Crippen LogP contribution is -2.06. The van der Waals surface area contributed by atoms with Gasteiger partial charge in [0.25, 0.3) is 0 Å². The van der Waals surface area contributed by atoms with Crippen LogP contribution < -0.4 is 5.32 Å². The molecule has 0 bridgehead atoms. The van der Waals surface area contributed by atoms with Gasteiger partial charge in [-0.2, -0.15) is 0 Å². The van der Waals surface area contributed by atoms with E-state index in [1.807, 2.05) is 0 Å². The Morgan fingerprint density at radius 1 is 1.33 bits per heavy atom. The van der Waals surface area contributed by atoms with Crippen molar-refractivity contribution in [2.45, 2.75) is 20.3 Å². The minimum atomic E-state index is 0.801. The number of nitrogens with one attached hydrogen (secondary N) is 1. The Hall–Kier alpha value is -0.540. The summed E-state index contributed by atoms with van der Waals surface area (Å²) in [5.41, 5.74) is 3.75. The molecule has 1 aromatic carbocycles. The normalized spacial score (nSPS) is 10.4. The zero-order chi connectivity index (χ0) is 11.3. The number of anilines is 1. The van der Waals surface area contributed by atoms with E-state index in [1.165, 1.54) is 16.8 Å². The number of aryl methyl sites for hydroxylation is 2. The summed E-state index contributed by atoms with van der Waals surface area (Å²) in [6.45, 7) is 5.97. The second-order valence-corrected chi connectivity index (χ2v) is 4.57. The van der Waals surface area contributed by atoms with Gasteiger partial charge in [0.2, 0.25) is 0 Å². The summed E-state index contributed by atoms with van der Waals surface area (Å²) in [6, 6.07) is 4.31. The second-order valence-electron chi connectivity index (χ2n) is 3.71. The van der Waals surface area contributed by atoms with Crippen molar-refractivity contribution in [2.75, 3.05) is 25.6 Å². The molecule has 0 saturated heterocycles. The Kier molecular flexibility index (Phi) is 5.12. The van der Waals surface area contributed by atoms with Crippen molar-refractivity contribution in [2.24, 2.45) is 0 Å². The molecule has 0 radical (unpaired) electrons. The Morgan fingerprint density at radius 3 is 2.67 bits per heavy atom. The van der Waals surface area contributed by atoms with E-state index in [4.69, 9.17) is 4.74 Å². The molecule has 0 unspecified atom stereocenters. The molecule has 0 spiro atoms. The monoisotopic (exact) mass is 271 g/mol. The van der Waals surface area contributed by atoms with Crippen molar-refractivity contribution in [3.05, 3.63) is 27.7 Å². The molecule has 1 N–H and O–H groups in total. The molecule has 0 aliphatic rings. The molecule has 0 aliphatic carbocycles. The van der Waals surface area contributed by atoms with Crippen molar-refractivity contribution in [1.29, 1.82) is 0 Å². The van der Waals surface area contributed by atoms with Gasteiger partial charge < -0.3 is 10.1 Å². The molecule has 0 saturated carbocycles. The molecular weight excluding hydrogens is 254 g/mol. The van der Waals surface area contributed by atoms with Crippen LogP contribution in [0, 0.1) is 13.8 Å². The maximum atomic E-state index is 5.01. The molecule has 2 nitrogen and oxygen atoms in total. The van der Waals surface area contributed by atoms with Crippen LogP contribution in [-0.4, -0.2) is 20.3 Å². The number of benzene rings is 1. The van der Waals surface area contributed by atoms with E-state index in [2.05, 4.69) is 47.2 Å². The van der Waals surface area contributed by atoms with Gasteiger partial charge in [0.15, 0.2) is 0 Å². The SMILES string of the molecule is COCCCNc1c(C)cc(C)cc1Br. The van der Waals surface area contributed by atoms with Crippen molar-refractivity contribution in [3.8, 4) is 0 Å². The number of ether oxygens (including phenoxy) is 1. The van der Waals surface area contributed by atoms with Gasteiger partial charge in [-0.1, -0.05) is 6.07 Å². The Bertz CT molecular complexity index is 302. The molecule has 0 fully saturated rings. The molecule has 0 heterocycles. The minimum Gasteiger partial charge on any atom is -0.385 e. The fraction of sp³-hybridized carbons (Fsp3) is 0.500. The number of halogens is 1. The first-order chi connectivity index (χ1) is 7.15. The number of hydrogen-bond acceptors (Lipinski definition) is 2. The number of methoxy groups -OCH3 is 1. The lowest BCUT2D eigenvalue weighted by Gasteiger charge is -2.12. The summed E-state index contributed by atoms with van der Waals surface area (Å²) in [4.78, 5) is 0. The van der Waals surface area contributed by atoms with Crippen LogP contribution >= 0.6 is 15.9 Å². The smallest absolute Gasteiger partial charge is 0.0514 e. The third-order valence-electron chi connectivity index (χ3n) is 2.26. The first-order valence-electron chi connectivity index (χ1n) is 5.14. The van der Waals surface area contributed by atoms with Crippen molar-refractivity contribution < 1.29 is 4.74 Å². The van der Waals surface area contributed by atoms with Crippen LogP contribution in [0.15, 0.2) is 16.6 Å². The average molecular weight is 272 g/mol. The quantitative estimate of drug-likeness (QED) is 0.828. The van der Waals surface area contributed by atoms with Crippen LogP contribution in [0.3, 0.4) is 0 Å². The van der Waals surface area contributed by atoms with Gasteiger partial charge in [0, 0.05) is 24.7 Å². The molecule has 0 aromatic heterocycles. The van der Waals surface area contributed by atoms with Crippen LogP contribution in [0.2, 0.25) is 0 Å². The van der Waals surface area contributed by atoms with Crippen molar-refractivity contribution >= 4 is 21.6 Å². The summed E-state index contributed by atoms with van der Waals surface area (Å²) in [7, 11) is 1.73. The number of hydrogen-bond donors (Lipinski definition) is 1. The fourth-order valence-corrected chi connectivity index (χ4v) is 2.38. The van der Waals surface area contributed by atoms with E-state index in [0.29, 0.717) is 0 Å². The average Bonchev–Trinajstić information content (AvgIpc) is 2.15. The lowest BCUT2D eigenvalue weighted by molar-refractivity contribution is 0.198. The van der Waals surface area contributed by atoms with Crippen LogP contribution in [0.5, 0.6) is 0 Å². The third-order valence-corrected chi connectivity index (χ3v) is 2.88. The van der Waals surface area contributed by atoms with E-state index in [1.54, 1.807) is 7.11 Å². The van der Waals surface area contributed by atoms with Gasteiger partial charge in [0.05, 0.1) is 5.69 Å². The molecule has 3 heteroatoms. The fourth-order valence-electron chi connectivity index (χ4n) is 1.57. The molecule has 15 heavy (non-hydrogen) atoms. The Balaban J connectivity index is 2.60. The molecule has 0 aliphatic heterocycles. The van der Waals surface area contributed by atoms with E-state index >= 15 is 0 Å². The van der Waals surface area contributed by atoms with Crippen LogP contribution in [0.1, 0.15) is 17.5 Å². The zero-order valence-corrected chi connectivity index (χ0v) is 11.1. The van der Waals surface area contributed by atoms with E-state index < -0.39 is 0 Å². The predicted octanol–water partition coefficient (Wildman–Crippen LogP) is 3.51. The maximum absolute atomic E-state index is 5.01. The summed E-state index contributed by atoms with van der Waals surface area (Å²) in [6.07, 6.45) is 1.02. The Labute approximate surface area is 100 Å². The maximum Gasteiger partial charge on any atom is 0.0514 e.